The molecule has 2 nitrogen and oxygen atoms in total. The van der Waals surface area contributed by atoms with Gasteiger partial charge in [0.15, 0.2) is 0 Å². The molecule has 0 amide bonds. The van der Waals surface area contributed by atoms with Gasteiger partial charge in [0, 0.05) is 23.0 Å². The Hall–Kier alpha value is -0.410. The summed E-state index contributed by atoms with van der Waals surface area (Å²) >= 11 is 1.59. The molecule has 3 heteroatoms. The SMILES string of the molecule is NC1CCCC1c1ccns1. The van der Waals surface area contributed by atoms with E-state index in [9.17, 15) is 0 Å². The maximum Gasteiger partial charge on any atom is 0.0409 e. The van der Waals surface area contributed by atoms with Crippen molar-refractivity contribution in [2.45, 2.75) is 31.2 Å². The summed E-state index contributed by atoms with van der Waals surface area (Å²) in [7, 11) is 0. The highest BCUT2D eigenvalue weighted by Gasteiger charge is 2.26. The van der Waals surface area contributed by atoms with Gasteiger partial charge in [-0.2, -0.15) is 0 Å². The van der Waals surface area contributed by atoms with E-state index in [1.165, 1.54) is 24.1 Å². The fourth-order valence-corrected chi connectivity index (χ4v) is 2.55. The van der Waals surface area contributed by atoms with Crippen molar-refractivity contribution in [2.24, 2.45) is 5.73 Å². The van der Waals surface area contributed by atoms with E-state index in [2.05, 4.69) is 10.4 Å². The van der Waals surface area contributed by atoms with Crippen LogP contribution in [0.1, 0.15) is 30.1 Å². The first-order chi connectivity index (χ1) is 5.38. The molecule has 0 saturated heterocycles. The van der Waals surface area contributed by atoms with Crippen molar-refractivity contribution in [3.8, 4) is 0 Å². The molecule has 1 saturated carbocycles. The van der Waals surface area contributed by atoms with Gasteiger partial charge in [0.1, 0.15) is 0 Å². The van der Waals surface area contributed by atoms with Crippen molar-refractivity contribution < 1.29 is 0 Å². The first-order valence-electron chi connectivity index (χ1n) is 4.04. The lowest BCUT2D eigenvalue weighted by molar-refractivity contribution is 0.622. The first kappa shape index (κ1) is 7.25. The Kier molecular flexibility index (Phi) is 1.92. The molecule has 0 bridgehead atoms. The lowest BCUT2D eigenvalue weighted by Crippen LogP contribution is -2.21. The van der Waals surface area contributed by atoms with Gasteiger partial charge in [0.2, 0.25) is 0 Å². The molecule has 0 spiro atoms. The summed E-state index contributed by atoms with van der Waals surface area (Å²) in [4.78, 5) is 1.37. The number of aromatic nitrogens is 1. The summed E-state index contributed by atoms with van der Waals surface area (Å²) < 4.78 is 4.09. The molecular formula is C8H12N2S. The van der Waals surface area contributed by atoms with Crippen LogP contribution in [-0.2, 0) is 0 Å². The third-order valence-corrected chi connectivity index (χ3v) is 3.27. The first-order valence-corrected chi connectivity index (χ1v) is 4.81. The van der Waals surface area contributed by atoms with Crippen LogP contribution in [0.5, 0.6) is 0 Å². The monoisotopic (exact) mass is 168 g/mol. The van der Waals surface area contributed by atoms with Crippen LogP contribution in [0.25, 0.3) is 0 Å². The lowest BCUT2D eigenvalue weighted by Gasteiger charge is -2.11. The van der Waals surface area contributed by atoms with E-state index in [0.717, 1.165) is 0 Å². The zero-order valence-electron chi connectivity index (χ0n) is 6.36. The molecule has 2 atom stereocenters. The van der Waals surface area contributed by atoms with Crippen LogP contribution in [0.2, 0.25) is 0 Å². The Bertz CT molecular complexity index is 220. The lowest BCUT2D eigenvalue weighted by atomic mass is 10.0. The second-order valence-electron chi connectivity index (χ2n) is 3.12. The average molecular weight is 168 g/mol. The smallest absolute Gasteiger partial charge is 0.0409 e. The molecule has 1 aliphatic carbocycles. The van der Waals surface area contributed by atoms with Crippen LogP contribution in [0.15, 0.2) is 12.3 Å². The van der Waals surface area contributed by atoms with E-state index in [-0.39, 0.29) is 0 Å². The Morgan fingerprint density at radius 2 is 2.45 bits per heavy atom. The molecule has 11 heavy (non-hydrogen) atoms. The minimum absolute atomic E-state index is 0.385. The van der Waals surface area contributed by atoms with Gasteiger partial charge < -0.3 is 5.73 Å². The van der Waals surface area contributed by atoms with Crippen molar-refractivity contribution in [1.82, 2.24) is 4.37 Å². The molecule has 2 unspecified atom stereocenters. The standard InChI is InChI=1S/C8H12N2S/c9-7-3-1-2-6(7)8-4-5-10-11-8/h4-7H,1-3,9H2. The predicted octanol–water partition coefficient (Wildman–Crippen LogP) is 1.74. The normalized spacial score (nSPS) is 31.0. The number of nitrogens with two attached hydrogens (primary N) is 1. The highest BCUT2D eigenvalue weighted by Crippen LogP contribution is 2.34. The van der Waals surface area contributed by atoms with E-state index in [1.807, 2.05) is 6.20 Å². The van der Waals surface area contributed by atoms with E-state index >= 15 is 0 Å². The fraction of sp³-hybridized carbons (Fsp3) is 0.625. The molecular weight excluding hydrogens is 156 g/mol. The van der Waals surface area contributed by atoms with Gasteiger partial charge in [-0.3, -0.25) is 0 Å². The second kappa shape index (κ2) is 2.91. The highest BCUT2D eigenvalue weighted by atomic mass is 32.1. The van der Waals surface area contributed by atoms with E-state index in [0.29, 0.717) is 12.0 Å². The number of hydrogen-bond acceptors (Lipinski definition) is 3. The van der Waals surface area contributed by atoms with Gasteiger partial charge in [0.05, 0.1) is 0 Å². The highest BCUT2D eigenvalue weighted by molar-refractivity contribution is 7.05. The minimum Gasteiger partial charge on any atom is -0.327 e. The molecule has 0 aromatic carbocycles. The molecule has 60 valence electrons. The molecule has 0 radical (unpaired) electrons. The van der Waals surface area contributed by atoms with Gasteiger partial charge in [-0.25, -0.2) is 4.37 Å². The summed E-state index contributed by atoms with van der Waals surface area (Å²) in [6.45, 7) is 0. The molecule has 1 aliphatic rings. The van der Waals surface area contributed by atoms with Gasteiger partial charge in [0.25, 0.3) is 0 Å². The van der Waals surface area contributed by atoms with Gasteiger partial charge >= 0.3 is 0 Å². The van der Waals surface area contributed by atoms with Crippen molar-refractivity contribution in [3.05, 3.63) is 17.1 Å². The van der Waals surface area contributed by atoms with Gasteiger partial charge in [-0.05, 0) is 30.4 Å². The summed E-state index contributed by atoms with van der Waals surface area (Å²) in [5, 5.41) is 0. The summed E-state index contributed by atoms with van der Waals surface area (Å²) in [6.07, 6.45) is 5.58. The number of rotatable bonds is 1. The van der Waals surface area contributed by atoms with E-state index < -0.39 is 0 Å². The zero-order valence-corrected chi connectivity index (χ0v) is 7.18. The molecule has 1 aromatic rings. The van der Waals surface area contributed by atoms with Crippen LogP contribution in [0.3, 0.4) is 0 Å². The van der Waals surface area contributed by atoms with Crippen LogP contribution in [-0.4, -0.2) is 10.4 Å². The summed E-state index contributed by atoms with van der Waals surface area (Å²) in [5.74, 6) is 0.600. The van der Waals surface area contributed by atoms with Crippen molar-refractivity contribution >= 4 is 11.5 Å². The van der Waals surface area contributed by atoms with Crippen LogP contribution < -0.4 is 5.73 Å². The average Bonchev–Trinajstić information content (AvgIpc) is 2.55. The summed E-state index contributed by atoms with van der Waals surface area (Å²) in [6, 6.07) is 2.48. The van der Waals surface area contributed by atoms with E-state index in [4.69, 9.17) is 5.73 Å². The molecule has 0 aliphatic heterocycles. The van der Waals surface area contributed by atoms with Gasteiger partial charge in [-0.1, -0.05) is 6.42 Å². The van der Waals surface area contributed by atoms with Crippen molar-refractivity contribution in [2.75, 3.05) is 0 Å². The van der Waals surface area contributed by atoms with Crippen LogP contribution in [0, 0.1) is 0 Å². The topological polar surface area (TPSA) is 38.9 Å². The second-order valence-corrected chi connectivity index (χ2v) is 3.98. The van der Waals surface area contributed by atoms with E-state index in [1.54, 1.807) is 11.5 Å². The largest absolute Gasteiger partial charge is 0.327 e. The third kappa shape index (κ3) is 1.30. The fourth-order valence-electron chi connectivity index (χ4n) is 1.76. The molecule has 2 N–H and O–H groups in total. The number of nitrogens with zero attached hydrogens (tertiary/aromatic N) is 1. The quantitative estimate of drug-likeness (QED) is 0.693. The Morgan fingerprint density at radius 1 is 1.55 bits per heavy atom. The van der Waals surface area contributed by atoms with Gasteiger partial charge in [-0.15, -0.1) is 0 Å². The maximum absolute atomic E-state index is 5.95. The van der Waals surface area contributed by atoms with Crippen molar-refractivity contribution in [1.29, 1.82) is 0 Å². The Balaban J connectivity index is 2.16. The minimum atomic E-state index is 0.385. The Labute approximate surface area is 70.6 Å². The predicted molar refractivity (Wildman–Crippen MR) is 46.7 cm³/mol. The molecule has 1 aromatic heterocycles. The molecule has 2 rings (SSSR count). The molecule has 1 heterocycles. The van der Waals surface area contributed by atoms with Crippen LogP contribution in [0.4, 0.5) is 0 Å². The third-order valence-electron chi connectivity index (χ3n) is 2.39. The Morgan fingerprint density at radius 3 is 3.00 bits per heavy atom. The van der Waals surface area contributed by atoms with Crippen molar-refractivity contribution in [3.63, 3.8) is 0 Å². The maximum atomic E-state index is 5.95. The molecule has 1 fully saturated rings. The van der Waals surface area contributed by atoms with Crippen LogP contribution >= 0.6 is 11.5 Å². The summed E-state index contributed by atoms with van der Waals surface area (Å²) in [5.41, 5.74) is 5.95. The number of hydrogen-bond donors (Lipinski definition) is 1. The zero-order chi connectivity index (χ0) is 7.68.